The Hall–Kier alpha value is -1.60. The van der Waals surface area contributed by atoms with Gasteiger partial charge in [-0.15, -0.1) is 0 Å². The van der Waals surface area contributed by atoms with Crippen LogP contribution in [0.2, 0.25) is 0 Å². The number of guanidine groups is 1. The van der Waals surface area contributed by atoms with Crippen LogP contribution in [-0.2, 0) is 16.6 Å². The Morgan fingerprint density at radius 3 is 2.31 bits per heavy atom. The van der Waals surface area contributed by atoms with Crippen molar-refractivity contribution >= 4 is 16.0 Å². The van der Waals surface area contributed by atoms with Crippen LogP contribution in [0.15, 0.2) is 34.2 Å². The molecule has 0 atom stereocenters. The molecule has 0 unspecified atom stereocenters. The number of hydrogen-bond donors (Lipinski definition) is 1. The molecule has 2 aliphatic rings. The predicted octanol–water partition coefficient (Wildman–Crippen LogP) is 2.28. The molecule has 0 spiro atoms. The van der Waals surface area contributed by atoms with Gasteiger partial charge in [0.05, 0.1) is 4.90 Å². The molecule has 6 nitrogen and oxygen atoms in total. The first-order chi connectivity index (χ1) is 12.5. The fourth-order valence-corrected chi connectivity index (χ4v) is 5.11. The fraction of sp³-hybridized carbons (Fsp3) is 0.632. The molecule has 2 saturated heterocycles. The summed E-state index contributed by atoms with van der Waals surface area (Å²) in [6, 6.07) is 7.22. The summed E-state index contributed by atoms with van der Waals surface area (Å²) in [5.41, 5.74) is 1.05. The molecule has 0 saturated carbocycles. The summed E-state index contributed by atoms with van der Waals surface area (Å²) in [7, 11) is -1.52. The van der Waals surface area contributed by atoms with Crippen molar-refractivity contribution in [3.05, 3.63) is 29.8 Å². The Labute approximate surface area is 157 Å². The molecule has 2 fully saturated rings. The van der Waals surface area contributed by atoms with E-state index in [4.69, 9.17) is 0 Å². The van der Waals surface area contributed by atoms with Gasteiger partial charge in [0.25, 0.3) is 0 Å². The van der Waals surface area contributed by atoms with Crippen molar-refractivity contribution in [2.45, 2.75) is 44.0 Å². The van der Waals surface area contributed by atoms with E-state index in [0.717, 1.165) is 43.4 Å². The number of piperidine rings is 1. The molecule has 26 heavy (non-hydrogen) atoms. The van der Waals surface area contributed by atoms with E-state index in [1.54, 1.807) is 16.4 Å². The lowest BCUT2D eigenvalue weighted by molar-refractivity contribution is 0.273. The number of likely N-dealkylation sites (tertiary alicyclic amines) is 1. The first-order valence-corrected chi connectivity index (χ1v) is 11.0. The molecule has 144 valence electrons. The Bertz CT molecular complexity index is 716. The molecule has 1 aromatic carbocycles. The van der Waals surface area contributed by atoms with Crippen molar-refractivity contribution in [2.75, 3.05) is 33.2 Å². The van der Waals surface area contributed by atoms with Gasteiger partial charge in [-0.05, 0) is 49.3 Å². The van der Waals surface area contributed by atoms with E-state index in [1.807, 2.05) is 19.2 Å². The van der Waals surface area contributed by atoms with Crippen LogP contribution in [0.1, 0.15) is 38.2 Å². The van der Waals surface area contributed by atoms with Gasteiger partial charge in [0.1, 0.15) is 0 Å². The summed E-state index contributed by atoms with van der Waals surface area (Å²) in [6.07, 6.45) is 4.30. The SMILES string of the molecule is CN=C(NCc1ccc(S(=O)(=O)N2CCCC2)cc1)N1CCC(C)CC1. The van der Waals surface area contributed by atoms with E-state index in [0.29, 0.717) is 24.5 Å². The number of hydrogen-bond acceptors (Lipinski definition) is 3. The third-order valence-electron chi connectivity index (χ3n) is 5.37. The van der Waals surface area contributed by atoms with Gasteiger partial charge in [0.15, 0.2) is 5.96 Å². The van der Waals surface area contributed by atoms with E-state index in [9.17, 15) is 8.42 Å². The molecule has 0 radical (unpaired) electrons. The van der Waals surface area contributed by atoms with Crippen molar-refractivity contribution in [3.8, 4) is 0 Å². The smallest absolute Gasteiger partial charge is 0.243 e. The molecule has 0 amide bonds. The molecule has 0 aromatic heterocycles. The molecule has 1 aromatic rings. The first-order valence-electron chi connectivity index (χ1n) is 9.55. The Morgan fingerprint density at radius 1 is 1.12 bits per heavy atom. The summed E-state index contributed by atoms with van der Waals surface area (Å²) >= 11 is 0. The fourth-order valence-electron chi connectivity index (χ4n) is 3.59. The van der Waals surface area contributed by atoms with Gasteiger partial charge in [0.2, 0.25) is 10.0 Å². The molecule has 1 N–H and O–H groups in total. The highest BCUT2D eigenvalue weighted by Gasteiger charge is 2.26. The van der Waals surface area contributed by atoms with E-state index in [2.05, 4.69) is 22.1 Å². The van der Waals surface area contributed by atoms with E-state index < -0.39 is 10.0 Å². The third-order valence-corrected chi connectivity index (χ3v) is 7.28. The molecule has 2 aliphatic heterocycles. The van der Waals surface area contributed by atoms with Crippen LogP contribution in [-0.4, -0.2) is 56.8 Å². The van der Waals surface area contributed by atoms with Crippen LogP contribution in [0.3, 0.4) is 0 Å². The second-order valence-corrected chi connectivity index (χ2v) is 9.26. The maximum Gasteiger partial charge on any atom is 0.243 e. The standard InChI is InChI=1S/C19H30N4O2S/c1-16-9-13-22(14-10-16)19(20-2)21-15-17-5-7-18(8-6-17)26(24,25)23-11-3-4-12-23/h5-8,16H,3-4,9-15H2,1-2H3,(H,20,21). The monoisotopic (exact) mass is 378 g/mol. The zero-order valence-electron chi connectivity index (χ0n) is 15.8. The third kappa shape index (κ3) is 4.38. The number of rotatable bonds is 4. The topological polar surface area (TPSA) is 65.0 Å². The number of nitrogens with zero attached hydrogens (tertiary/aromatic N) is 3. The maximum atomic E-state index is 12.6. The minimum Gasteiger partial charge on any atom is -0.352 e. The van der Waals surface area contributed by atoms with Crippen LogP contribution in [0.5, 0.6) is 0 Å². The average Bonchev–Trinajstić information content (AvgIpc) is 3.20. The number of sulfonamides is 1. The zero-order chi connectivity index (χ0) is 18.6. The molecule has 7 heteroatoms. The minimum absolute atomic E-state index is 0.387. The highest BCUT2D eigenvalue weighted by Crippen LogP contribution is 2.21. The molecule has 0 bridgehead atoms. The summed E-state index contributed by atoms with van der Waals surface area (Å²) in [5.74, 6) is 1.71. The predicted molar refractivity (Wildman–Crippen MR) is 105 cm³/mol. The lowest BCUT2D eigenvalue weighted by Gasteiger charge is -2.32. The van der Waals surface area contributed by atoms with E-state index in [-0.39, 0.29) is 0 Å². The van der Waals surface area contributed by atoms with Gasteiger partial charge in [0, 0.05) is 39.8 Å². The normalized spacial score (nSPS) is 20.5. The molecular weight excluding hydrogens is 348 g/mol. The maximum absolute atomic E-state index is 12.6. The van der Waals surface area contributed by atoms with E-state index >= 15 is 0 Å². The van der Waals surface area contributed by atoms with Gasteiger partial charge < -0.3 is 10.2 Å². The van der Waals surface area contributed by atoms with Gasteiger partial charge in [-0.3, -0.25) is 4.99 Å². The number of benzene rings is 1. The summed E-state index contributed by atoms with van der Waals surface area (Å²) in [4.78, 5) is 7.07. The lowest BCUT2D eigenvalue weighted by atomic mass is 10.00. The van der Waals surface area contributed by atoms with Crippen LogP contribution >= 0.6 is 0 Å². The minimum atomic E-state index is -3.33. The van der Waals surface area contributed by atoms with E-state index in [1.165, 1.54) is 12.8 Å². The molecule has 2 heterocycles. The first kappa shape index (κ1) is 19.2. The summed E-state index contributed by atoms with van der Waals surface area (Å²) in [6.45, 7) is 6.28. The van der Waals surface area contributed by atoms with Gasteiger partial charge in [-0.1, -0.05) is 19.1 Å². The molecule has 3 rings (SSSR count). The van der Waals surface area contributed by atoms with Crippen molar-refractivity contribution < 1.29 is 8.42 Å². The van der Waals surface area contributed by atoms with Crippen LogP contribution in [0.25, 0.3) is 0 Å². The van der Waals surface area contributed by atoms with Crippen molar-refractivity contribution in [1.29, 1.82) is 0 Å². The van der Waals surface area contributed by atoms with Gasteiger partial charge in [-0.2, -0.15) is 4.31 Å². The van der Waals surface area contributed by atoms with Gasteiger partial charge >= 0.3 is 0 Å². The quantitative estimate of drug-likeness (QED) is 0.645. The van der Waals surface area contributed by atoms with Crippen molar-refractivity contribution in [1.82, 2.24) is 14.5 Å². The van der Waals surface area contributed by atoms with Crippen LogP contribution < -0.4 is 5.32 Å². The average molecular weight is 379 g/mol. The number of nitrogens with one attached hydrogen (secondary N) is 1. The Kier molecular flexibility index (Phi) is 6.19. The Balaban J connectivity index is 1.59. The molecular formula is C19H30N4O2S. The second-order valence-electron chi connectivity index (χ2n) is 7.33. The largest absolute Gasteiger partial charge is 0.352 e. The van der Waals surface area contributed by atoms with Crippen LogP contribution in [0, 0.1) is 5.92 Å². The summed E-state index contributed by atoms with van der Waals surface area (Å²) in [5, 5.41) is 3.40. The highest BCUT2D eigenvalue weighted by atomic mass is 32.2. The van der Waals surface area contributed by atoms with Crippen molar-refractivity contribution in [3.63, 3.8) is 0 Å². The second kappa shape index (κ2) is 8.39. The zero-order valence-corrected chi connectivity index (χ0v) is 16.6. The molecule has 0 aliphatic carbocycles. The highest BCUT2D eigenvalue weighted by molar-refractivity contribution is 7.89. The lowest BCUT2D eigenvalue weighted by Crippen LogP contribution is -2.45. The van der Waals surface area contributed by atoms with Gasteiger partial charge in [-0.25, -0.2) is 8.42 Å². The van der Waals surface area contributed by atoms with Crippen molar-refractivity contribution in [2.24, 2.45) is 10.9 Å². The summed E-state index contributed by atoms with van der Waals surface area (Å²) < 4.78 is 26.7. The van der Waals surface area contributed by atoms with Crippen LogP contribution in [0.4, 0.5) is 0 Å². The Morgan fingerprint density at radius 2 is 1.73 bits per heavy atom. The number of aliphatic imine (C=N–C) groups is 1.